The highest BCUT2D eigenvalue weighted by Gasteiger charge is 2.00. The van der Waals surface area contributed by atoms with Crippen molar-refractivity contribution in [3.63, 3.8) is 0 Å². The monoisotopic (exact) mass is 330 g/mol. The van der Waals surface area contributed by atoms with Gasteiger partial charge in [0.1, 0.15) is 6.10 Å². The van der Waals surface area contributed by atoms with Crippen molar-refractivity contribution >= 4 is 0 Å². The maximum Gasteiger partial charge on any atom is 0.100 e. The first-order valence-corrected chi connectivity index (χ1v) is 10.0. The van der Waals surface area contributed by atoms with Crippen LogP contribution in [0.5, 0.6) is 0 Å². The molecule has 0 saturated carbocycles. The molecule has 0 saturated heterocycles. The number of aliphatic hydroxyl groups excluding tert-OH is 2. The Hall–Kier alpha value is -0.120. The van der Waals surface area contributed by atoms with E-state index in [-0.39, 0.29) is 13.2 Å². The van der Waals surface area contributed by atoms with E-state index in [9.17, 15) is 0 Å². The Bertz CT molecular complexity index is 219. The number of ether oxygens (including phenoxy) is 1. The van der Waals surface area contributed by atoms with Gasteiger partial charge in [0.15, 0.2) is 0 Å². The number of aliphatic hydroxyl groups is 2. The zero-order valence-electron chi connectivity index (χ0n) is 15.8. The van der Waals surface area contributed by atoms with Crippen molar-refractivity contribution in [3.8, 4) is 0 Å². The zero-order chi connectivity index (χ0) is 17.2. The van der Waals surface area contributed by atoms with Gasteiger partial charge in [-0.1, -0.05) is 90.9 Å². The highest BCUT2D eigenvalue weighted by Crippen LogP contribution is 2.14. The second kappa shape index (κ2) is 18.2. The molecule has 23 heavy (non-hydrogen) atoms. The van der Waals surface area contributed by atoms with E-state index in [2.05, 4.69) is 13.8 Å². The predicted octanol–water partition coefficient (Wildman–Crippen LogP) is 5.08. The van der Waals surface area contributed by atoms with Gasteiger partial charge >= 0.3 is 0 Å². The van der Waals surface area contributed by atoms with E-state index in [0.717, 1.165) is 12.3 Å². The first-order chi connectivity index (χ1) is 11.2. The fraction of sp³-hybridized carbons (Fsp3) is 1.00. The molecule has 0 heterocycles. The van der Waals surface area contributed by atoms with Gasteiger partial charge in [0.2, 0.25) is 0 Å². The molecule has 2 N–H and O–H groups in total. The van der Waals surface area contributed by atoms with Crippen LogP contribution >= 0.6 is 0 Å². The lowest BCUT2D eigenvalue weighted by Gasteiger charge is -2.08. The average molecular weight is 331 g/mol. The highest BCUT2D eigenvalue weighted by atomic mass is 16.5. The minimum atomic E-state index is -0.717. The van der Waals surface area contributed by atoms with Crippen LogP contribution in [0.3, 0.4) is 0 Å². The average Bonchev–Trinajstić information content (AvgIpc) is 2.53. The molecular weight excluding hydrogens is 288 g/mol. The summed E-state index contributed by atoms with van der Waals surface area (Å²) in [5.41, 5.74) is 0. The van der Waals surface area contributed by atoms with Crippen molar-refractivity contribution in [1.29, 1.82) is 0 Å². The zero-order valence-corrected chi connectivity index (χ0v) is 15.8. The third kappa shape index (κ3) is 19.8. The summed E-state index contributed by atoms with van der Waals surface area (Å²) in [6, 6.07) is 0. The summed E-state index contributed by atoms with van der Waals surface area (Å²) in [5.74, 6) is 0.869. The normalized spacial score (nSPS) is 12.9. The van der Waals surface area contributed by atoms with E-state index in [4.69, 9.17) is 14.9 Å². The van der Waals surface area contributed by atoms with Crippen molar-refractivity contribution in [1.82, 2.24) is 0 Å². The molecule has 0 aliphatic heterocycles. The standard InChI is InChI=1S/C20H42O3/c1-19(2)15-13-11-9-7-5-3-4-6-8-10-12-14-16-23-18-20(22)17-21/h19-22H,3-18H2,1-2H3/t20-/m0/s1. The molecule has 140 valence electrons. The quantitative estimate of drug-likeness (QED) is 0.344. The highest BCUT2D eigenvalue weighted by molar-refractivity contribution is 4.51. The largest absolute Gasteiger partial charge is 0.394 e. The summed E-state index contributed by atoms with van der Waals surface area (Å²) in [6.45, 7) is 5.38. The Kier molecular flexibility index (Phi) is 18.1. The first-order valence-electron chi connectivity index (χ1n) is 10.0. The molecule has 0 unspecified atom stereocenters. The molecule has 3 heteroatoms. The van der Waals surface area contributed by atoms with Gasteiger partial charge in [-0.05, 0) is 12.3 Å². The molecule has 0 aromatic carbocycles. The van der Waals surface area contributed by atoms with Gasteiger partial charge in [-0.2, -0.15) is 0 Å². The fourth-order valence-electron chi connectivity index (χ4n) is 2.80. The molecule has 0 fully saturated rings. The van der Waals surface area contributed by atoms with Gasteiger partial charge in [-0.25, -0.2) is 0 Å². The summed E-state index contributed by atoms with van der Waals surface area (Å²) >= 11 is 0. The molecule has 0 aromatic rings. The van der Waals surface area contributed by atoms with Crippen molar-refractivity contribution < 1.29 is 14.9 Å². The van der Waals surface area contributed by atoms with E-state index >= 15 is 0 Å². The lowest BCUT2D eigenvalue weighted by atomic mass is 10.0. The first kappa shape index (κ1) is 22.9. The van der Waals surface area contributed by atoms with Crippen LogP contribution in [0.2, 0.25) is 0 Å². The molecule has 0 spiro atoms. The van der Waals surface area contributed by atoms with Crippen LogP contribution in [0.1, 0.15) is 97.3 Å². The summed E-state index contributed by atoms with van der Waals surface area (Å²) in [4.78, 5) is 0. The predicted molar refractivity (Wildman–Crippen MR) is 98.8 cm³/mol. The van der Waals surface area contributed by atoms with Crippen LogP contribution in [0.4, 0.5) is 0 Å². The molecule has 0 aliphatic carbocycles. The van der Waals surface area contributed by atoms with Crippen LogP contribution in [-0.4, -0.2) is 36.1 Å². The van der Waals surface area contributed by atoms with Crippen molar-refractivity contribution in [3.05, 3.63) is 0 Å². The van der Waals surface area contributed by atoms with Crippen LogP contribution in [0.25, 0.3) is 0 Å². The van der Waals surface area contributed by atoms with Crippen LogP contribution in [-0.2, 0) is 4.74 Å². The molecule has 3 nitrogen and oxygen atoms in total. The topological polar surface area (TPSA) is 49.7 Å². The SMILES string of the molecule is CC(C)CCCCCCCCCCCCCCOC[C@@H](O)CO. The van der Waals surface area contributed by atoms with E-state index in [1.165, 1.54) is 77.0 Å². The Balaban J connectivity index is 3.00. The maximum absolute atomic E-state index is 9.11. The minimum Gasteiger partial charge on any atom is -0.394 e. The van der Waals surface area contributed by atoms with Crippen molar-refractivity contribution in [2.45, 2.75) is 103 Å². The van der Waals surface area contributed by atoms with Crippen molar-refractivity contribution in [2.24, 2.45) is 5.92 Å². The third-order valence-electron chi connectivity index (χ3n) is 4.34. The Morgan fingerprint density at radius 1 is 0.696 bits per heavy atom. The number of rotatable bonds is 18. The Morgan fingerprint density at radius 3 is 1.57 bits per heavy atom. The van der Waals surface area contributed by atoms with Gasteiger partial charge in [-0.15, -0.1) is 0 Å². The summed E-state index contributed by atoms with van der Waals surface area (Å²) in [5, 5.41) is 17.7. The van der Waals surface area contributed by atoms with Crippen LogP contribution < -0.4 is 0 Å². The number of unbranched alkanes of at least 4 members (excludes halogenated alkanes) is 11. The molecule has 0 aromatic heterocycles. The van der Waals surface area contributed by atoms with Crippen LogP contribution in [0.15, 0.2) is 0 Å². The smallest absolute Gasteiger partial charge is 0.100 e. The Morgan fingerprint density at radius 2 is 1.13 bits per heavy atom. The summed E-state index contributed by atoms with van der Waals surface area (Å²) in [7, 11) is 0. The van der Waals surface area contributed by atoms with Crippen molar-refractivity contribution in [2.75, 3.05) is 19.8 Å². The van der Waals surface area contributed by atoms with E-state index in [1.54, 1.807) is 0 Å². The van der Waals surface area contributed by atoms with Gasteiger partial charge in [0.05, 0.1) is 13.2 Å². The number of hydrogen-bond donors (Lipinski definition) is 2. The third-order valence-corrected chi connectivity index (χ3v) is 4.34. The van der Waals surface area contributed by atoms with E-state index in [1.807, 2.05) is 0 Å². The maximum atomic E-state index is 9.11. The molecule has 0 amide bonds. The second-order valence-corrected chi connectivity index (χ2v) is 7.34. The van der Waals surface area contributed by atoms with Gasteiger partial charge in [-0.3, -0.25) is 0 Å². The van der Waals surface area contributed by atoms with E-state index < -0.39 is 6.10 Å². The Labute approximate surface area is 144 Å². The molecule has 0 radical (unpaired) electrons. The summed E-state index contributed by atoms with van der Waals surface area (Å²) in [6.07, 6.45) is 16.9. The lowest BCUT2D eigenvalue weighted by molar-refractivity contribution is 0.00526. The van der Waals surface area contributed by atoms with E-state index in [0.29, 0.717) is 6.61 Å². The van der Waals surface area contributed by atoms with Gasteiger partial charge in [0.25, 0.3) is 0 Å². The van der Waals surface area contributed by atoms with Gasteiger partial charge < -0.3 is 14.9 Å². The molecule has 1 atom stereocenters. The second-order valence-electron chi connectivity index (χ2n) is 7.34. The molecule has 0 aliphatic rings. The van der Waals surface area contributed by atoms with Gasteiger partial charge in [0, 0.05) is 6.61 Å². The van der Waals surface area contributed by atoms with Crippen LogP contribution in [0, 0.1) is 5.92 Å². The molecule has 0 bridgehead atoms. The summed E-state index contributed by atoms with van der Waals surface area (Å²) < 4.78 is 5.29. The molecule has 0 rings (SSSR count). The molecular formula is C20H42O3. The minimum absolute atomic E-state index is 0.210. The fourth-order valence-corrected chi connectivity index (χ4v) is 2.80. The number of hydrogen-bond acceptors (Lipinski definition) is 3. The lowest BCUT2D eigenvalue weighted by Crippen LogP contribution is -2.19.